The van der Waals surface area contributed by atoms with E-state index >= 15 is 0 Å². The van der Waals surface area contributed by atoms with Crippen molar-refractivity contribution in [3.8, 4) is 0 Å². The number of fused-ring (bicyclic) bond motifs is 2. The Morgan fingerprint density at radius 2 is 1.12 bits per heavy atom. The summed E-state index contributed by atoms with van der Waals surface area (Å²) in [7, 11) is 0. The average molecular weight is 314 g/mol. The number of hydrogen-bond donors (Lipinski definition) is 2. The molecule has 2 N–H and O–H groups in total. The Morgan fingerprint density at radius 1 is 0.667 bits per heavy atom. The molecule has 2 aromatic carbocycles. The molecular weight excluding hydrogens is 296 g/mol. The van der Waals surface area contributed by atoms with Gasteiger partial charge in [-0.15, -0.1) is 0 Å². The zero-order valence-corrected chi connectivity index (χ0v) is 13.2. The van der Waals surface area contributed by atoms with E-state index in [4.69, 9.17) is 0 Å². The van der Waals surface area contributed by atoms with Crippen molar-refractivity contribution in [3.63, 3.8) is 0 Å². The van der Waals surface area contributed by atoms with Gasteiger partial charge in [0.15, 0.2) is 0 Å². The number of para-hydroxylation sites is 2. The first-order chi connectivity index (χ1) is 11.9. The molecule has 24 heavy (non-hydrogen) atoms. The SMILES string of the molecule is C(=NCCN=Cc1c[nH]c2ccccc12)c1c[nH]c2ccccc12. The summed E-state index contributed by atoms with van der Waals surface area (Å²) >= 11 is 0. The highest BCUT2D eigenvalue weighted by molar-refractivity contribution is 5.99. The maximum atomic E-state index is 4.48. The molecule has 0 bridgehead atoms. The van der Waals surface area contributed by atoms with Crippen molar-refractivity contribution in [2.24, 2.45) is 9.98 Å². The smallest absolute Gasteiger partial charge is 0.0585 e. The maximum Gasteiger partial charge on any atom is 0.0585 e. The quantitative estimate of drug-likeness (QED) is 0.410. The van der Waals surface area contributed by atoms with E-state index in [0.717, 1.165) is 22.2 Å². The Labute approximate surface area is 140 Å². The summed E-state index contributed by atoms with van der Waals surface area (Å²) in [6.07, 6.45) is 7.81. The van der Waals surface area contributed by atoms with E-state index in [1.165, 1.54) is 10.8 Å². The fraction of sp³-hybridized carbons (Fsp3) is 0.100. The lowest BCUT2D eigenvalue weighted by Crippen LogP contribution is -1.89. The molecule has 0 amide bonds. The highest BCUT2D eigenvalue weighted by Gasteiger charge is 2.00. The summed E-state index contributed by atoms with van der Waals surface area (Å²) in [6.45, 7) is 1.36. The van der Waals surface area contributed by atoms with E-state index in [9.17, 15) is 0 Å². The molecule has 0 saturated carbocycles. The molecule has 4 rings (SSSR count). The van der Waals surface area contributed by atoms with Crippen molar-refractivity contribution >= 4 is 34.2 Å². The van der Waals surface area contributed by atoms with Crippen LogP contribution in [-0.4, -0.2) is 35.5 Å². The number of rotatable bonds is 5. The van der Waals surface area contributed by atoms with Gasteiger partial charge in [0.05, 0.1) is 13.1 Å². The molecule has 0 radical (unpaired) electrons. The van der Waals surface area contributed by atoms with Crippen molar-refractivity contribution in [3.05, 3.63) is 72.1 Å². The van der Waals surface area contributed by atoms with Gasteiger partial charge in [-0.25, -0.2) is 0 Å². The van der Waals surface area contributed by atoms with Crippen molar-refractivity contribution < 1.29 is 0 Å². The number of nitrogens with zero attached hydrogens (tertiary/aromatic N) is 2. The highest BCUT2D eigenvalue weighted by atomic mass is 14.8. The molecule has 0 aliphatic carbocycles. The van der Waals surface area contributed by atoms with E-state index in [-0.39, 0.29) is 0 Å². The lowest BCUT2D eigenvalue weighted by atomic mass is 10.2. The minimum Gasteiger partial charge on any atom is -0.361 e. The van der Waals surface area contributed by atoms with E-state index in [1.807, 2.05) is 49.1 Å². The summed E-state index contributed by atoms with van der Waals surface area (Å²) in [4.78, 5) is 15.5. The van der Waals surface area contributed by atoms with Crippen LogP contribution >= 0.6 is 0 Å². The Hall–Kier alpha value is -3.14. The summed E-state index contributed by atoms with van der Waals surface area (Å²) in [5.41, 5.74) is 4.50. The fourth-order valence-electron chi connectivity index (χ4n) is 2.84. The molecular formula is C20H18N4. The van der Waals surface area contributed by atoms with Crippen LogP contribution in [0.1, 0.15) is 11.1 Å². The summed E-state index contributed by atoms with van der Waals surface area (Å²) in [6, 6.07) is 16.5. The third kappa shape index (κ3) is 2.86. The van der Waals surface area contributed by atoms with Gasteiger partial charge in [-0.2, -0.15) is 0 Å². The first-order valence-electron chi connectivity index (χ1n) is 8.04. The van der Waals surface area contributed by atoms with Crippen LogP contribution < -0.4 is 0 Å². The Kier molecular flexibility index (Phi) is 3.94. The molecule has 4 nitrogen and oxygen atoms in total. The van der Waals surface area contributed by atoms with E-state index in [2.05, 4.69) is 44.2 Å². The van der Waals surface area contributed by atoms with Gasteiger partial charge in [0.1, 0.15) is 0 Å². The standard InChI is InChI=1S/C20H18N4/c1-3-7-19-17(5-1)15(13-23-19)11-21-9-10-22-12-16-14-24-20-8-4-2-6-18(16)20/h1-8,11-14,23-24H,9-10H2. The van der Waals surface area contributed by atoms with Gasteiger partial charge in [-0.05, 0) is 12.1 Å². The van der Waals surface area contributed by atoms with Crippen LogP contribution in [0.4, 0.5) is 0 Å². The summed E-state index contributed by atoms with van der Waals surface area (Å²) in [5.74, 6) is 0. The predicted molar refractivity (Wildman–Crippen MR) is 102 cm³/mol. The van der Waals surface area contributed by atoms with Gasteiger partial charge >= 0.3 is 0 Å². The van der Waals surface area contributed by atoms with Crippen LogP contribution in [-0.2, 0) is 0 Å². The number of hydrogen-bond acceptors (Lipinski definition) is 2. The summed E-state index contributed by atoms with van der Waals surface area (Å²) < 4.78 is 0. The maximum absolute atomic E-state index is 4.48. The van der Waals surface area contributed by atoms with Crippen LogP contribution in [0.2, 0.25) is 0 Å². The zero-order valence-electron chi connectivity index (χ0n) is 13.2. The number of nitrogens with one attached hydrogen (secondary N) is 2. The van der Waals surface area contributed by atoms with Gasteiger partial charge in [0, 0.05) is 57.8 Å². The number of benzene rings is 2. The second-order valence-corrected chi connectivity index (χ2v) is 5.65. The second kappa shape index (κ2) is 6.54. The normalized spacial score (nSPS) is 12.2. The van der Waals surface area contributed by atoms with Crippen LogP contribution in [0, 0.1) is 0 Å². The van der Waals surface area contributed by atoms with Crippen LogP contribution in [0.25, 0.3) is 21.8 Å². The number of aliphatic imine (C=N–C) groups is 2. The number of H-pyrrole nitrogens is 2. The zero-order chi connectivity index (χ0) is 16.2. The van der Waals surface area contributed by atoms with Crippen molar-refractivity contribution in [2.45, 2.75) is 0 Å². The molecule has 0 unspecified atom stereocenters. The van der Waals surface area contributed by atoms with Gasteiger partial charge in [0.2, 0.25) is 0 Å². The Balaban J connectivity index is 1.37. The minimum atomic E-state index is 0.679. The molecule has 4 aromatic rings. The molecule has 0 aliphatic heterocycles. The molecule has 2 aromatic heterocycles. The first-order valence-corrected chi connectivity index (χ1v) is 8.04. The molecule has 0 atom stereocenters. The van der Waals surface area contributed by atoms with Crippen molar-refractivity contribution in [1.29, 1.82) is 0 Å². The predicted octanol–water partition coefficient (Wildman–Crippen LogP) is 4.19. The molecule has 0 fully saturated rings. The molecule has 0 spiro atoms. The monoisotopic (exact) mass is 314 g/mol. The third-order valence-electron chi connectivity index (χ3n) is 4.06. The minimum absolute atomic E-state index is 0.679. The van der Waals surface area contributed by atoms with Crippen molar-refractivity contribution in [2.75, 3.05) is 13.1 Å². The number of aromatic nitrogens is 2. The van der Waals surface area contributed by atoms with Gasteiger partial charge < -0.3 is 9.97 Å². The first kappa shape index (κ1) is 14.5. The van der Waals surface area contributed by atoms with Crippen molar-refractivity contribution in [1.82, 2.24) is 9.97 Å². The lowest BCUT2D eigenvalue weighted by Gasteiger charge is -1.92. The highest BCUT2D eigenvalue weighted by Crippen LogP contribution is 2.16. The molecule has 2 heterocycles. The van der Waals surface area contributed by atoms with E-state index in [1.54, 1.807) is 0 Å². The lowest BCUT2D eigenvalue weighted by molar-refractivity contribution is 0.985. The Morgan fingerprint density at radius 3 is 1.62 bits per heavy atom. The van der Waals surface area contributed by atoms with Crippen LogP contribution in [0.3, 0.4) is 0 Å². The molecule has 0 aliphatic rings. The average Bonchev–Trinajstić information content (AvgIpc) is 3.22. The van der Waals surface area contributed by atoms with Gasteiger partial charge in [-0.1, -0.05) is 36.4 Å². The van der Waals surface area contributed by atoms with Gasteiger partial charge in [-0.3, -0.25) is 9.98 Å². The van der Waals surface area contributed by atoms with Crippen LogP contribution in [0.5, 0.6) is 0 Å². The van der Waals surface area contributed by atoms with E-state index in [0.29, 0.717) is 13.1 Å². The fourth-order valence-corrected chi connectivity index (χ4v) is 2.84. The molecule has 0 saturated heterocycles. The van der Waals surface area contributed by atoms with Gasteiger partial charge in [0.25, 0.3) is 0 Å². The van der Waals surface area contributed by atoms with E-state index < -0.39 is 0 Å². The third-order valence-corrected chi connectivity index (χ3v) is 4.06. The largest absolute Gasteiger partial charge is 0.361 e. The summed E-state index contributed by atoms with van der Waals surface area (Å²) in [5, 5.41) is 2.40. The Bertz CT molecular complexity index is 936. The topological polar surface area (TPSA) is 56.3 Å². The molecule has 4 heteroatoms. The second-order valence-electron chi connectivity index (χ2n) is 5.65. The van der Waals surface area contributed by atoms with Crippen LogP contribution in [0.15, 0.2) is 70.9 Å². The molecule has 118 valence electrons. The number of aromatic amines is 2.